The van der Waals surface area contributed by atoms with E-state index in [1.165, 1.54) is 24.0 Å². The number of benzene rings is 1. The summed E-state index contributed by atoms with van der Waals surface area (Å²) in [6.45, 7) is 13.7. The SMILES string of the molecule is C=C(c1cc(CC)c(C)c(NC(=NC)c2cc3cccnc3n2CC2CC2)c1)N1CCNCCCN(F)CC1. The fraction of sp³-hybridized carbons (Fsp3) is 0.484. The standard InChI is InChI=1S/C31H42FN7/c1-5-25-18-27(23(3)37-15-13-34-11-7-14-38(32)17-16-37)19-28(22(25)2)36-30(33-4)29-20-26-8-6-12-35-31(26)39(29)21-24-9-10-24/h6,8,12,18-20,24,34H,3,5,7,9-11,13-17,21H2,1-2,4H3,(H,33,36). The predicted molar refractivity (Wildman–Crippen MR) is 160 cm³/mol. The van der Waals surface area contributed by atoms with E-state index in [1.54, 1.807) is 0 Å². The highest BCUT2D eigenvalue weighted by Crippen LogP contribution is 2.33. The van der Waals surface area contributed by atoms with Gasteiger partial charge in [-0.2, -0.15) is 0 Å². The van der Waals surface area contributed by atoms with E-state index in [9.17, 15) is 4.48 Å². The highest BCUT2D eigenvalue weighted by molar-refractivity contribution is 6.10. The Labute approximate surface area is 231 Å². The molecule has 0 unspecified atom stereocenters. The smallest absolute Gasteiger partial charge is 0.149 e. The number of halogens is 1. The number of pyridine rings is 1. The van der Waals surface area contributed by atoms with Gasteiger partial charge in [-0.05, 0) is 92.1 Å². The average molecular weight is 532 g/mol. The fourth-order valence-electron chi connectivity index (χ4n) is 5.45. The molecule has 3 heterocycles. The Kier molecular flexibility index (Phi) is 8.63. The maximum atomic E-state index is 14.3. The summed E-state index contributed by atoms with van der Waals surface area (Å²) < 4.78 is 16.6. The maximum absolute atomic E-state index is 14.3. The number of anilines is 1. The molecular weight excluding hydrogens is 489 g/mol. The molecule has 0 spiro atoms. The molecule has 7 nitrogen and oxygen atoms in total. The normalized spacial score (nSPS) is 17.9. The van der Waals surface area contributed by atoms with Gasteiger partial charge >= 0.3 is 0 Å². The van der Waals surface area contributed by atoms with Gasteiger partial charge in [0.05, 0.1) is 5.69 Å². The summed E-state index contributed by atoms with van der Waals surface area (Å²) in [5, 5.41) is 9.17. The second-order valence-electron chi connectivity index (χ2n) is 10.8. The minimum atomic E-state index is 0.378. The van der Waals surface area contributed by atoms with Crippen molar-refractivity contribution < 1.29 is 4.48 Å². The van der Waals surface area contributed by atoms with Gasteiger partial charge in [0.2, 0.25) is 0 Å². The van der Waals surface area contributed by atoms with Crippen LogP contribution in [0.25, 0.3) is 16.7 Å². The second-order valence-corrected chi connectivity index (χ2v) is 10.8. The van der Waals surface area contributed by atoms with Gasteiger partial charge < -0.3 is 20.1 Å². The van der Waals surface area contributed by atoms with Crippen molar-refractivity contribution in [3.8, 4) is 0 Å². The highest BCUT2D eigenvalue weighted by atomic mass is 19.2. The summed E-state index contributed by atoms with van der Waals surface area (Å²) in [4.78, 5) is 11.6. The molecule has 2 N–H and O–H groups in total. The van der Waals surface area contributed by atoms with Gasteiger partial charge in [-0.15, -0.1) is 9.60 Å². The van der Waals surface area contributed by atoms with Crippen LogP contribution in [0, 0.1) is 12.8 Å². The van der Waals surface area contributed by atoms with E-state index < -0.39 is 0 Å². The van der Waals surface area contributed by atoms with Gasteiger partial charge in [0, 0.05) is 69.3 Å². The number of aromatic nitrogens is 2. The molecule has 5 rings (SSSR count). The lowest BCUT2D eigenvalue weighted by Crippen LogP contribution is -2.38. The third kappa shape index (κ3) is 6.34. The number of nitrogens with zero attached hydrogens (tertiary/aromatic N) is 5. The van der Waals surface area contributed by atoms with Crippen molar-refractivity contribution in [1.82, 2.24) is 24.9 Å². The molecule has 1 saturated carbocycles. The van der Waals surface area contributed by atoms with E-state index in [-0.39, 0.29) is 0 Å². The highest BCUT2D eigenvalue weighted by Gasteiger charge is 2.25. The average Bonchev–Trinajstić information content (AvgIpc) is 3.71. The molecule has 39 heavy (non-hydrogen) atoms. The van der Waals surface area contributed by atoms with Crippen LogP contribution in [-0.2, 0) is 13.0 Å². The molecule has 1 aliphatic heterocycles. The Bertz CT molecular complexity index is 1340. The number of hydrogen-bond donors (Lipinski definition) is 2. The van der Waals surface area contributed by atoms with Crippen molar-refractivity contribution in [3.05, 3.63) is 65.5 Å². The lowest BCUT2D eigenvalue weighted by Gasteiger charge is -2.30. The van der Waals surface area contributed by atoms with Crippen molar-refractivity contribution >= 4 is 28.3 Å². The summed E-state index contributed by atoms with van der Waals surface area (Å²) in [7, 11) is 1.84. The van der Waals surface area contributed by atoms with Crippen LogP contribution in [0.15, 0.2) is 48.1 Å². The third-order valence-electron chi connectivity index (χ3n) is 8.05. The molecule has 208 valence electrons. The summed E-state index contributed by atoms with van der Waals surface area (Å²) >= 11 is 0. The molecule has 3 aromatic rings. The van der Waals surface area contributed by atoms with Crippen molar-refractivity contribution in [2.24, 2.45) is 10.9 Å². The first kappa shape index (κ1) is 27.3. The summed E-state index contributed by atoms with van der Waals surface area (Å²) in [5.74, 6) is 1.54. The quantitative estimate of drug-likeness (QED) is 0.248. The lowest BCUT2D eigenvalue weighted by atomic mass is 9.98. The van der Waals surface area contributed by atoms with E-state index in [1.807, 2.05) is 19.3 Å². The van der Waals surface area contributed by atoms with Crippen molar-refractivity contribution in [3.63, 3.8) is 0 Å². The molecular formula is C31H42FN7. The van der Waals surface area contributed by atoms with Crippen LogP contribution < -0.4 is 10.6 Å². The number of rotatable bonds is 7. The van der Waals surface area contributed by atoms with Crippen molar-refractivity contribution in [2.75, 3.05) is 51.6 Å². The molecule has 1 aliphatic carbocycles. The Morgan fingerprint density at radius 2 is 2.03 bits per heavy atom. The topological polar surface area (TPSA) is 60.7 Å². The van der Waals surface area contributed by atoms with Crippen LogP contribution in [0.2, 0.25) is 0 Å². The molecule has 2 fully saturated rings. The van der Waals surface area contributed by atoms with Gasteiger partial charge in [-0.1, -0.05) is 13.5 Å². The first-order valence-corrected chi connectivity index (χ1v) is 14.4. The van der Waals surface area contributed by atoms with Gasteiger partial charge in [0.25, 0.3) is 0 Å². The molecule has 1 aromatic carbocycles. The zero-order valence-electron chi connectivity index (χ0n) is 23.6. The van der Waals surface area contributed by atoms with E-state index in [2.05, 4.69) is 64.8 Å². The fourth-order valence-corrected chi connectivity index (χ4v) is 5.45. The van der Waals surface area contributed by atoms with E-state index in [4.69, 9.17) is 9.98 Å². The minimum absolute atomic E-state index is 0.378. The Hall–Kier alpha value is -3.23. The summed E-state index contributed by atoms with van der Waals surface area (Å²) in [5.41, 5.74) is 7.53. The number of fused-ring (bicyclic) bond motifs is 1. The first-order valence-electron chi connectivity index (χ1n) is 14.4. The monoisotopic (exact) mass is 531 g/mol. The molecule has 2 aromatic heterocycles. The summed E-state index contributed by atoms with van der Waals surface area (Å²) in [6, 6.07) is 10.7. The van der Waals surface area contributed by atoms with Crippen LogP contribution in [-0.4, -0.2) is 71.7 Å². The van der Waals surface area contributed by atoms with Gasteiger partial charge in [-0.25, -0.2) is 4.98 Å². The number of hydrogen-bond acceptors (Lipinski definition) is 5. The zero-order valence-corrected chi connectivity index (χ0v) is 23.6. The molecule has 8 heteroatoms. The molecule has 0 amide bonds. The Balaban J connectivity index is 1.45. The van der Waals surface area contributed by atoms with Crippen molar-refractivity contribution in [1.29, 1.82) is 0 Å². The largest absolute Gasteiger partial charge is 0.369 e. The Morgan fingerprint density at radius 1 is 1.18 bits per heavy atom. The number of nitrogens with one attached hydrogen (secondary N) is 2. The van der Waals surface area contributed by atoms with Crippen LogP contribution in [0.4, 0.5) is 10.2 Å². The zero-order chi connectivity index (χ0) is 27.4. The van der Waals surface area contributed by atoms with E-state index in [0.717, 1.165) is 83.7 Å². The van der Waals surface area contributed by atoms with Crippen LogP contribution in [0.3, 0.4) is 0 Å². The Morgan fingerprint density at radius 3 is 2.79 bits per heavy atom. The van der Waals surface area contributed by atoms with E-state index in [0.29, 0.717) is 25.6 Å². The van der Waals surface area contributed by atoms with E-state index >= 15 is 0 Å². The minimum Gasteiger partial charge on any atom is -0.369 e. The second kappa shape index (κ2) is 12.3. The molecule has 0 bridgehead atoms. The van der Waals surface area contributed by atoms with Gasteiger partial charge in [0.1, 0.15) is 11.5 Å². The number of aliphatic imine (C=N–C) groups is 1. The van der Waals surface area contributed by atoms with Gasteiger partial charge in [0.15, 0.2) is 0 Å². The van der Waals surface area contributed by atoms with Gasteiger partial charge in [-0.3, -0.25) is 4.99 Å². The molecule has 0 radical (unpaired) electrons. The molecule has 1 saturated heterocycles. The molecule has 2 aliphatic rings. The van der Waals surface area contributed by atoms with Crippen LogP contribution >= 0.6 is 0 Å². The van der Waals surface area contributed by atoms with Crippen LogP contribution in [0.5, 0.6) is 0 Å². The molecule has 0 atom stereocenters. The van der Waals surface area contributed by atoms with Crippen LogP contribution in [0.1, 0.15) is 48.6 Å². The number of amidine groups is 1. The lowest BCUT2D eigenvalue weighted by molar-refractivity contribution is 0.0176. The maximum Gasteiger partial charge on any atom is 0.149 e. The predicted octanol–water partition coefficient (Wildman–Crippen LogP) is 5.26. The summed E-state index contributed by atoms with van der Waals surface area (Å²) in [6.07, 6.45) is 6.14. The van der Waals surface area contributed by atoms with Crippen molar-refractivity contribution in [2.45, 2.75) is 46.1 Å². The number of aryl methyl sites for hydroxylation is 1. The first-order chi connectivity index (χ1) is 19.0. The third-order valence-corrected chi connectivity index (χ3v) is 8.05.